The molecule has 0 bridgehead atoms. The van der Waals surface area contributed by atoms with Gasteiger partial charge in [-0.3, -0.25) is 0 Å². The molecule has 0 aliphatic carbocycles. The molecule has 2 aromatic rings. The monoisotopic (exact) mass is 200 g/mol. The summed E-state index contributed by atoms with van der Waals surface area (Å²) in [5.41, 5.74) is 1.31. The molecule has 2 nitrogen and oxygen atoms in total. The van der Waals surface area contributed by atoms with Crippen molar-refractivity contribution in [1.29, 1.82) is 0 Å². The summed E-state index contributed by atoms with van der Waals surface area (Å²) in [6.45, 7) is 4.35. The van der Waals surface area contributed by atoms with Crippen molar-refractivity contribution in [3.05, 3.63) is 54.1 Å². The third kappa shape index (κ3) is 2.27. The molecule has 2 heteroatoms. The highest BCUT2D eigenvalue weighted by Crippen LogP contribution is 2.12. The number of hydrogen-bond acceptors (Lipinski definition) is 1. The lowest BCUT2D eigenvalue weighted by Crippen LogP contribution is -2.05. The number of imidazole rings is 1. The SMILES string of the molecule is CC(C)n1ccnc1Cc1ccccc1. The third-order valence-electron chi connectivity index (χ3n) is 2.51. The topological polar surface area (TPSA) is 17.8 Å². The number of hydrogen-bond donors (Lipinski definition) is 0. The lowest BCUT2D eigenvalue weighted by atomic mass is 10.1. The molecule has 0 amide bonds. The molecule has 0 atom stereocenters. The largest absolute Gasteiger partial charge is 0.332 e. The number of rotatable bonds is 3. The van der Waals surface area contributed by atoms with Gasteiger partial charge in [-0.15, -0.1) is 0 Å². The van der Waals surface area contributed by atoms with Gasteiger partial charge in [-0.25, -0.2) is 4.98 Å². The van der Waals surface area contributed by atoms with Crippen LogP contribution in [-0.2, 0) is 6.42 Å². The molecular weight excluding hydrogens is 184 g/mol. The van der Waals surface area contributed by atoms with Crippen molar-refractivity contribution in [2.75, 3.05) is 0 Å². The minimum absolute atomic E-state index is 0.478. The highest BCUT2D eigenvalue weighted by molar-refractivity contribution is 5.19. The van der Waals surface area contributed by atoms with Crippen LogP contribution in [0.2, 0.25) is 0 Å². The summed E-state index contributed by atoms with van der Waals surface area (Å²) in [5, 5.41) is 0. The second-order valence-corrected chi connectivity index (χ2v) is 4.01. The van der Waals surface area contributed by atoms with Crippen LogP contribution in [0.15, 0.2) is 42.7 Å². The summed E-state index contributed by atoms with van der Waals surface area (Å²) >= 11 is 0. The van der Waals surface area contributed by atoms with Crippen LogP contribution < -0.4 is 0 Å². The molecule has 1 heterocycles. The fraction of sp³-hybridized carbons (Fsp3) is 0.308. The molecule has 0 saturated heterocycles. The van der Waals surface area contributed by atoms with Gasteiger partial charge in [-0.2, -0.15) is 0 Å². The van der Waals surface area contributed by atoms with Crippen LogP contribution in [0.5, 0.6) is 0 Å². The quantitative estimate of drug-likeness (QED) is 0.744. The Morgan fingerprint density at radius 3 is 2.60 bits per heavy atom. The van der Waals surface area contributed by atoms with E-state index >= 15 is 0 Å². The van der Waals surface area contributed by atoms with E-state index in [2.05, 4.69) is 47.7 Å². The van der Waals surface area contributed by atoms with Crippen molar-refractivity contribution in [3.63, 3.8) is 0 Å². The van der Waals surface area contributed by atoms with E-state index in [0.29, 0.717) is 6.04 Å². The molecule has 0 fully saturated rings. The molecule has 15 heavy (non-hydrogen) atoms. The average molecular weight is 200 g/mol. The summed E-state index contributed by atoms with van der Waals surface area (Å²) in [6.07, 6.45) is 4.83. The molecule has 0 saturated carbocycles. The molecule has 0 unspecified atom stereocenters. The van der Waals surface area contributed by atoms with E-state index in [0.717, 1.165) is 12.2 Å². The van der Waals surface area contributed by atoms with Crippen molar-refractivity contribution in [3.8, 4) is 0 Å². The van der Waals surface area contributed by atoms with Gasteiger partial charge in [0.05, 0.1) is 0 Å². The maximum atomic E-state index is 4.40. The molecule has 0 aliphatic heterocycles. The van der Waals surface area contributed by atoms with Gasteiger partial charge in [-0.05, 0) is 19.4 Å². The fourth-order valence-corrected chi connectivity index (χ4v) is 1.73. The predicted molar refractivity (Wildman–Crippen MR) is 61.9 cm³/mol. The van der Waals surface area contributed by atoms with Crippen LogP contribution in [0, 0.1) is 0 Å². The zero-order valence-electron chi connectivity index (χ0n) is 9.22. The van der Waals surface area contributed by atoms with Gasteiger partial charge in [0.15, 0.2) is 0 Å². The smallest absolute Gasteiger partial charge is 0.113 e. The average Bonchev–Trinajstić information content (AvgIpc) is 2.67. The van der Waals surface area contributed by atoms with Crippen LogP contribution in [0.25, 0.3) is 0 Å². The molecular formula is C13H16N2. The molecule has 78 valence electrons. The Balaban J connectivity index is 2.21. The van der Waals surface area contributed by atoms with E-state index in [-0.39, 0.29) is 0 Å². The maximum Gasteiger partial charge on any atom is 0.113 e. The van der Waals surface area contributed by atoms with E-state index < -0.39 is 0 Å². The second kappa shape index (κ2) is 4.30. The second-order valence-electron chi connectivity index (χ2n) is 4.01. The number of benzene rings is 1. The van der Waals surface area contributed by atoms with Crippen LogP contribution in [0.3, 0.4) is 0 Å². The Labute approximate surface area is 90.6 Å². The molecule has 1 aromatic carbocycles. The van der Waals surface area contributed by atoms with Gasteiger partial charge in [0.1, 0.15) is 5.82 Å². The fourth-order valence-electron chi connectivity index (χ4n) is 1.73. The van der Waals surface area contributed by atoms with E-state index in [1.807, 2.05) is 18.5 Å². The van der Waals surface area contributed by atoms with E-state index in [4.69, 9.17) is 0 Å². The van der Waals surface area contributed by atoms with Crippen molar-refractivity contribution in [2.45, 2.75) is 26.3 Å². The first kappa shape index (κ1) is 9.97. The van der Waals surface area contributed by atoms with E-state index in [1.165, 1.54) is 5.56 Å². The highest BCUT2D eigenvalue weighted by Gasteiger charge is 2.05. The Morgan fingerprint density at radius 1 is 1.20 bits per heavy atom. The van der Waals surface area contributed by atoms with Gasteiger partial charge in [0.25, 0.3) is 0 Å². The predicted octanol–water partition coefficient (Wildman–Crippen LogP) is 3.05. The van der Waals surface area contributed by atoms with Crippen LogP contribution in [-0.4, -0.2) is 9.55 Å². The molecule has 0 radical (unpaired) electrons. The maximum absolute atomic E-state index is 4.40. The van der Waals surface area contributed by atoms with Crippen molar-refractivity contribution in [2.24, 2.45) is 0 Å². The first-order valence-electron chi connectivity index (χ1n) is 5.33. The lowest BCUT2D eigenvalue weighted by Gasteiger charge is -2.11. The third-order valence-corrected chi connectivity index (χ3v) is 2.51. The van der Waals surface area contributed by atoms with E-state index in [9.17, 15) is 0 Å². The van der Waals surface area contributed by atoms with Gasteiger partial charge < -0.3 is 4.57 Å². The van der Waals surface area contributed by atoms with Crippen LogP contribution >= 0.6 is 0 Å². The van der Waals surface area contributed by atoms with E-state index in [1.54, 1.807) is 0 Å². The highest BCUT2D eigenvalue weighted by atomic mass is 15.1. The van der Waals surface area contributed by atoms with Crippen LogP contribution in [0.4, 0.5) is 0 Å². The first-order chi connectivity index (χ1) is 7.27. The molecule has 0 aliphatic rings. The summed E-state index contributed by atoms with van der Waals surface area (Å²) in [5.74, 6) is 1.14. The lowest BCUT2D eigenvalue weighted by molar-refractivity contribution is 0.574. The summed E-state index contributed by atoms with van der Waals surface area (Å²) in [7, 11) is 0. The van der Waals surface area contributed by atoms with Crippen molar-refractivity contribution < 1.29 is 0 Å². The van der Waals surface area contributed by atoms with Crippen molar-refractivity contribution in [1.82, 2.24) is 9.55 Å². The summed E-state index contributed by atoms with van der Waals surface area (Å²) in [6, 6.07) is 10.9. The molecule has 1 aromatic heterocycles. The van der Waals surface area contributed by atoms with Crippen LogP contribution in [0.1, 0.15) is 31.3 Å². The number of nitrogens with zero attached hydrogens (tertiary/aromatic N) is 2. The van der Waals surface area contributed by atoms with Crippen molar-refractivity contribution >= 4 is 0 Å². The van der Waals surface area contributed by atoms with Gasteiger partial charge in [0.2, 0.25) is 0 Å². The Hall–Kier alpha value is -1.57. The zero-order chi connectivity index (χ0) is 10.7. The van der Waals surface area contributed by atoms with Gasteiger partial charge in [0, 0.05) is 24.9 Å². The zero-order valence-corrected chi connectivity index (χ0v) is 9.22. The normalized spacial score (nSPS) is 10.9. The number of aromatic nitrogens is 2. The summed E-state index contributed by atoms with van der Waals surface area (Å²) in [4.78, 5) is 4.40. The Morgan fingerprint density at radius 2 is 1.93 bits per heavy atom. The summed E-state index contributed by atoms with van der Waals surface area (Å²) < 4.78 is 2.22. The molecule has 0 spiro atoms. The standard InChI is InChI=1S/C13H16N2/c1-11(2)15-9-8-14-13(15)10-12-6-4-3-5-7-12/h3-9,11H,10H2,1-2H3. The van der Waals surface area contributed by atoms with Gasteiger partial charge in [-0.1, -0.05) is 30.3 Å². The Bertz CT molecular complexity index is 415. The minimum Gasteiger partial charge on any atom is -0.332 e. The molecule has 2 rings (SSSR count). The van der Waals surface area contributed by atoms with Gasteiger partial charge >= 0.3 is 0 Å². The minimum atomic E-state index is 0.478. The Kier molecular flexibility index (Phi) is 2.86. The molecule has 0 N–H and O–H groups in total. The first-order valence-corrected chi connectivity index (χ1v) is 5.33.